The van der Waals surface area contributed by atoms with Crippen LogP contribution in [0.4, 0.5) is 0 Å². The fourth-order valence-electron chi connectivity index (χ4n) is 7.36. The highest BCUT2D eigenvalue weighted by molar-refractivity contribution is 6.21. The van der Waals surface area contributed by atoms with Crippen molar-refractivity contribution < 1.29 is 43.9 Å². The van der Waals surface area contributed by atoms with Crippen LogP contribution in [0, 0.1) is 0 Å². The topological polar surface area (TPSA) is 266 Å². The number of aryl methyl sites for hydroxylation is 2. The van der Waals surface area contributed by atoms with Gasteiger partial charge in [-0.3, -0.25) is 9.59 Å². The van der Waals surface area contributed by atoms with Gasteiger partial charge in [-0.25, -0.2) is 4.79 Å². The number of rotatable bonds is 18. The first-order chi connectivity index (χ1) is 34.0. The Hall–Kier alpha value is -8.15. The molecule has 71 heavy (non-hydrogen) atoms. The van der Waals surface area contributed by atoms with Gasteiger partial charge in [-0.05, 0) is 78.3 Å². The van der Waals surface area contributed by atoms with Gasteiger partial charge in [-0.2, -0.15) is 20.4 Å². The van der Waals surface area contributed by atoms with Crippen molar-refractivity contribution in [2.24, 2.45) is 42.1 Å². The number of aliphatic hydroxyl groups is 2. The Bertz CT molecular complexity index is 2640. The first-order valence-corrected chi connectivity index (χ1v) is 22.4. The summed E-state index contributed by atoms with van der Waals surface area (Å²) in [6.07, 6.45) is 5.63. The summed E-state index contributed by atoms with van der Waals surface area (Å²) in [5.41, 5.74) is 19.0. The number of ether oxygens (including phenoxy) is 3. The SMILES string of the molecule is C.COc1ccccc1C(=O)CC1=NN=C(CC(=O)c2ccccc2CO)C1.COc1ccccc1C(=O)O.COc1ccccc1CCC1=NN=C(CCc2ccccc2CO)C1.NC1=NN=C(N)C1. The smallest absolute Gasteiger partial charge is 0.339 e. The van der Waals surface area contributed by atoms with Crippen molar-refractivity contribution in [3.05, 3.63) is 160 Å². The third-order valence-corrected chi connectivity index (χ3v) is 11.0. The van der Waals surface area contributed by atoms with Crippen molar-refractivity contribution in [1.29, 1.82) is 0 Å². The highest BCUT2D eigenvalue weighted by Crippen LogP contribution is 2.24. The molecule has 0 radical (unpaired) electrons. The molecular formula is C54H62N8O9. The van der Waals surface area contributed by atoms with E-state index >= 15 is 0 Å². The Morgan fingerprint density at radius 2 is 0.831 bits per heavy atom. The summed E-state index contributed by atoms with van der Waals surface area (Å²) in [5, 5.41) is 51.2. The number of methoxy groups -OCH3 is 3. The van der Waals surface area contributed by atoms with E-state index in [1.165, 1.54) is 31.4 Å². The number of aromatic carboxylic acids is 1. The molecule has 0 atom stereocenters. The molecule has 0 aliphatic carbocycles. The number of carboxylic acid groups (broad SMARTS) is 1. The number of carbonyl (C=O) groups excluding carboxylic acids is 2. The number of hydrogen-bond acceptors (Lipinski definition) is 16. The second-order valence-corrected chi connectivity index (χ2v) is 15.8. The molecule has 7 N–H and O–H groups in total. The maximum Gasteiger partial charge on any atom is 0.339 e. The molecule has 0 unspecified atom stereocenters. The zero-order chi connectivity index (χ0) is 50.3. The predicted octanol–water partition coefficient (Wildman–Crippen LogP) is 8.24. The molecule has 0 fully saturated rings. The number of benzene rings is 5. The van der Waals surface area contributed by atoms with Crippen LogP contribution in [0.1, 0.15) is 106 Å². The van der Waals surface area contributed by atoms with Crippen LogP contribution in [-0.4, -0.2) is 88.7 Å². The van der Waals surface area contributed by atoms with Gasteiger partial charge < -0.3 is 41.0 Å². The van der Waals surface area contributed by atoms with Crippen LogP contribution in [0.5, 0.6) is 17.2 Å². The highest BCUT2D eigenvalue weighted by Gasteiger charge is 2.22. The largest absolute Gasteiger partial charge is 0.496 e. The maximum atomic E-state index is 12.5. The second kappa shape index (κ2) is 29.0. The molecule has 3 heterocycles. The Labute approximate surface area is 414 Å². The first-order valence-electron chi connectivity index (χ1n) is 22.4. The number of nitrogens with zero attached hydrogens (tertiary/aromatic N) is 6. The Kier molecular flexibility index (Phi) is 22.7. The van der Waals surface area contributed by atoms with Gasteiger partial charge in [-0.15, -0.1) is 10.2 Å². The number of carbonyl (C=O) groups is 3. The molecule has 17 heteroatoms. The van der Waals surface area contributed by atoms with Crippen LogP contribution in [0.3, 0.4) is 0 Å². The number of ketones is 2. The minimum Gasteiger partial charge on any atom is -0.496 e. The number of carboxylic acids is 1. The third kappa shape index (κ3) is 17.1. The van der Waals surface area contributed by atoms with E-state index in [4.69, 9.17) is 30.8 Å². The molecule has 0 saturated carbocycles. The molecule has 5 aromatic rings. The molecule has 372 valence electrons. The normalized spacial score (nSPS) is 13.0. The van der Waals surface area contributed by atoms with E-state index in [0.717, 1.165) is 54.8 Å². The Balaban J connectivity index is 0.000000228. The predicted molar refractivity (Wildman–Crippen MR) is 279 cm³/mol. The summed E-state index contributed by atoms with van der Waals surface area (Å²) in [6, 6.07) is 36.6. The molecule has 8 rings (SSSR count). The van der Waals surface area contributed by atoms with E-state index in [1.807, 2.05) is 36.4 Å². The molecule has 3 aliphatic rings. The number of nitrogens with two attached hydrogens (primary N) is 2. The van der Waals surface area contributed by atoms with E-state index in [0.29, 0.717) is 64.1 Å². The van der Waals surface area contributed by atoms with E-state index in [9.17, 15) is 24.6 Å². The number of amidine groups is 2. The minimum absolute atomic E-state index is 0. The third-order valence-electron chi connectivity index (χ3n) is 11.0. The molecule has 17 nitrogen and oxygen atoms in total. The molecule has 0 spiro atoms. The van der Waals surface area contributed by atoms with Crippen LogP contribution in [0.25, 0.3) is 0 Å². The van der Waals surface area contributed by atoms with Gasteiger partial charge in [-0.1, -0.05) is 98.4 Å². The average Bonchev–Trinajstić information content (AvgIpc) is 4.16. The van der Waals surface area contributed by atoms with Gasteiger partial charge in [0.2, 0.25) is 0 Å². The number of hydrogen-bond donors (Lipinski definition) is 5. The fourth-order valence-corrected chi connectivity index (χ4v) is 7.36. The van der Waals surface area contributed by atoms with E-state index in [2.05, 4.69) is 42.7 Å². The molecular weight excluding hydrogens is 905 g/mol. The first kappa shape index (κ1) is 55.4. The lowest BCUT2D eigenvalue weighted by molar-refractivity contribution is 0.0692. The van der Waals surface area contributed by atoms with Crippen LogP contribution < -0.4 is 25.7 Å². The van der Waals surface area contributed by atoms with Gasteiger partial charge in [0.15, 0.2) is 11.6 Å². The lowest BCUT2D eigenvalue weighted by Crippen LogP contribution is -2.16. The minimum atomic E-state index is -0.970. The Morgan fingerprint density at radius 3 is 1.31 bits per heavy atom. The van der Waals surface area contributed by atoms with Gasteiger partial charge >= 0.3 is 5.97 Å². The number of aliphatic hydroxyl groups excluding tert-OH is 2. The molecule has 0 aromatic heterocycles. The van der Waals surface area contributed by atoms with Crippen molar-refractivity contribution in [3.8, 4) is 17.2 Å². The molecule has 0 saturated heterocycles. The van der Waals surface area contributed by atoms with Crippen molar-refractivity contribution in [1.82, 2.24) is 0 Å². The molecule has 5 aromatic carbocycles. The summed E-state index contributed by atoms with van der Waals surface area (Å²) in [4.78, 5) is 35.5. The van der Waals surface area contributed by atoms with Crippen molar-refractivity contribution in [3.63, 3.8) is 0 Å². The maximum absolute atomic E-state index is 12.5. The van der Waals surface area contributed by atoms with Crippen molar-refractivity contribution in [2.75, 3.05) is 21.3 Å². The van der Waals surface area contributed by atoms with Gasteiger partial charge in [0.05, 0.1) is 70.8 Å². The summed E-state index contributed by atoms with van der Waals surface area (Å²) in [7, 11) is 4.68. The summed E-state index contributed by atoms with van der Waals surface area (Å²) < 4.78 is 15.4. The Morgan fingerprint density at radius 1 is 0.451 bits per heavy atom. The lowest BCUT2D eigenvalue weighted by atomic mass is 9.97. The van der Waals surface area contributed by atoms with Crippen LogP contribution in [0.2, 0.25) is 0 Å². The van der Waals surface area contributed by atoms with Gasteiger partial charge in [0.1, 0.15) is 34.5 Å². The number of Topliss-reactive ketones (excluding diaryl/α,β-unsaturated/α-hetero) is 2. The van der Waals surface area contributed by atoms with E-state index in [-0.39, 0.29) is 50.6 Å². The molecule has 0 bridgehead atoms. The average molecular weight is 967 g/mol. The standard InChI is InChI=1S/C21H20N2O4.C21H24N2O2.C8H8O3.C3H6N4.CH4/c1-27-21-9-5-4-8-18(21)20(26)12-16-10-15(22-23-16)11-19(25)17-7-3-2-6-14(17)13-24;1-25-21-9-5-4-7-17(21)11-13-20-14-19(22-23-20)12-10-16-6-2-3-8-18(16)15-24;1-11-7-5-3-2-4-6(7)8(9)10;4-2-1-3(5)7-6-2;/h2-9,24H,10-13H2,1H3;2-9,24H,10-15H2,1H3;2-5H,1H3,(H,9,10);1H2,(H2,4,6)(H2,5,7);1H4. The highest BCUT2D eigenvalue weighted by atomic mass is 16.5. The summed E-state index contributed by atoms with van der Waals surface area (Å²) in [5.74, 6) is 1.66. The molecule has 3 aliphatic heterocycles. The van der Waals surface area contributed by atoms with Crippen molar-refractivity contribution >= 4 is 52.1 Å². The van der Waals surface area contributed by atoms with E-state index in [1.54, 1.807) is 73.8 Å². The van der Waals surface area contributed by atoms with E-state index < -0.39 is 5.97 Å². The second-order valence-electron chi connectivity index (χ2n) is 15.8. The van der Waals surface area contributed by atoms with Gasteiger partial charge in [0.25, 0.3) is 0 Å². The summed E-state index contributed by atoms with van der Waals surface area (Å²) in [6.45, 7) is -0.104. The quantitative estimate of drug-likeness (QED) is 0.0522. The zero-order valence-electron chi connectivity index (χ0n) is 39.5. The van der Waals surface area contributed by atoms with Crippen LogP contribution in [-0.2, 0) is 26.1 Å². The van der Waals surface area contributed by atoms with Crippen LogP contribution in [0.15, 0.2) is 152 Å². The molecule has 0 amide bonds. The monoisotopic (exact) mass is 966 g/mol. The number of para-hydroxylation sites is 3. The van der Waals surface area contributed by atoms with Gasteiger partial charge in [0, 0.05) is 29.8 Å². The fraction of sp³-hybridized carbons (Fsp3) is 0.278. The van der Waals surface area contributed by atoms with Crippen LogP contribution >= 0.6 is 0 Å². The summed E-state index contributed by atoms with van der Waals surface area (Å²) >= 11 is 0. The van der Waals surface area contributed by atoms with Crippen molar-refractivity contribution in [2.45, 2.75) is 78.4 Å². The lowest BCUT2D eigenvalue weighted by Gasteiger charge is -2.08. The zero-order valence-corrected chi connectivity index (χ0v) is 39.5.